The number of rotatable bonds is 0. The number of likely N-dealkylation sites (tertiary alicyclic amines) is 1. The van der Waals surface area contributed by atoms with Gasteiger partial charge in [0, 0.05) is 24.2 Å². The molecule has 0 aromatic heterocycles. The molecular weight excluding hydrogens is 270 g/mol. The number of ketones is 1. The molecule has 22 heavy (non-hydrogen) atoms. The summed E-state index contributed by atoms with van der Waals surface area (Å²) in [5.74, 6) is 0.156. The number of hydrogen-bond acceptors (Lipinski definition) is 2. The third-order valence-corrected chi connectivity index (χ3v) is 4.83. The van der Waals surface area contributed by atoms with Crippen LogP contribution in [0.1, 0.15) is 39.9 Å². The van der Waals surface area contributed by atoms with Crippen molar-refractivity contribution in [3.8, 4) is 0 Å². The second kappa shape index (κ2) is 5.22. The van der Waals surface area contributed by atoms with Gasteiger partial charge in [0.15, 0.2) is 5.78 Å². The first-order valence-corrected chi connectivity index (χ1v) is 7.90. The SMILES string of the molecule is CN1CCC(=C2c3ccccc3C(=O)c3ccccc32)CC1. The molecule has 2 aliphatic rings. The molecule has 1 fully saturated rings. The van der Waals surface area contributed by atoms with E-state index in [0.717, 1.165) is 48.2 Å². The van der Waals surface area contributed by atoms with Crippen LogP contribution in [-0.4, -0.2) is 30.8 Å². The minimum atomic E-state index is 0.156. The second-order valence-electron chi connectivity index (χ2n) is 6.20. The van der Waals surface area contributed by atoms with Crippen molar-refractivity contribution in [1.29, 1.82) is 0 Å². The number of benzene rings is 2. The molecule has 0 saturated carbocycles. The summed E-state index contributed by atoms with van der Waals surface area (Å²) in [6.45, 7) is 2.19. The van der Waals surface area contributed by atoms with E-state index in [1.54, 1.807) is 0 Å². The van der Waals surface area contributed by atoms with E-state index in [1.165, 1.54) is 11.1 Å². The highest BCUT2D eigenvalue weighted by molar-refractivity contribution is 6.19. The molecular formula is C20H19NO. The van der Waals surface area contributed by atoms with Gasteiger partial charge >= 0.3 is 0 Å². The highest BCUT2D eigenvalue weighted by Crippen LogP contribution is 2.39. The van der Waals surface area contributed by atoms with Gasteiger partial charge in [-0.3, -0.25) is 4.79 Å². The van der Waals surface area contributed by atoms with Crippen molar-refractivity contribution in [3.05, 3.63) is 76.4 Å². The molecule has 4 rings (SSSR count). The third kappa shape index (κ3) is 2.03. The molecule has 1 aliphatic heterocycles. The van der Waals surface area contributed by atoms with Crippen molar-refractivity contribution in [2.24, 2.45) is 0 Å². The summed E-state index contributed by atoms with van der Waals surface area (Å²) in [6.07, 6.45) is 2.17. The molecule has 1 heterocycles. The van der Waals surface area contributed by atoms with Gasteiger partial charge in [-0.1, -0.05) is 54.1 Å². The van der Waals surface area contributed by atoms with Crippen LogP contribution < -0.4 is 0 Å². The first kappa shape index (κ1) is 13.5. The molecule has 0 amide bonds. The van der Waals surface area contributed by atoms with Crippen LogP contribution in [-0.2, 0) is 0 Å². The molecule has 0 atom stereocenters. The quantitative estimate of drug-likeness (QED) is 0.628. The van der Waals surface area contributed by atoms with Crippen LogP contribution in [0.15, 0.2) is 54.1 Å². The van der Waals surface area contributed by atoms with Crippen LogP contribution in [0.5, 0.6) is 0 Å². The summed E-state index contributed by atoms with van der Waals surface area (Å²) in [5.41, 5.74) is 6.73. The van der Waals surface area contributed by atoms with Gasteiger partial charge in [-0.15, -0.1) is 0 Å². The van der Waals surface area contributed by atoms with Crippen molar-refractivity contribution in [3.63, 3.8) is 0 Å². The Morgan fingerprint density at radius 2 is 1.23 bits per heavy atom. The van der Waals surface area contributed by atoms with Crippen molar-refractivity contribution < 1.29 is 4.79 Å². The molecule has 0 bridgehead atoms. The zero-order valence-electron chi connectivity index (χ0n) is 12.8. The molecule has 2 aromatic rings. The standard InChI is InChI=1S/C20H19NO/c1-21-12-10-14(11-13-21)19-15-6-2-4-8-17(15)20(22)18-9-5-3-7-16(18)19/h2-9H,10-13H2,1H3. The maximum absolute atomic E-state index is 12.8. The fraction of sp³-hybridized carbons (Fsp3) is 0.250. The third-order valence-electron chi connectivity index (χ3n) is 4.83. The number of fused-ring (bicyclic) bond motifs is 2. The van der Waals surface area contributed by atoms with Gasteiger partial charge in [-0.25, -0.2) is 0 Å². The molecule has 2 aromatic carbocycles. The van der Waals surface area contributed by atoms with Gasteiger partial charge in [0.2, 0.25) is 0 Å². The van der Waals surface area contributed by atoms with Crippen LogP contribution in [0.25, 0.3) is 5.57 Å². The van der Waals surface area contributed by atoms with E-state index < -0.39 is 0 Å². The Labute approximate surface area is 131 Å². The van der Waals surface area contributed by atoms with Crippen LogP contribution in [0.4, 0.5) is 0 Å². The van der Waals surface area contributed by atoms with Gasteiger partial charge in [-0.05, 0) is 36.6 Å². The van der Waals surface area contributed by atoms with E-state index in [-0.39, 0.29) is 5.78 Å². The smallest absolute Gasteiger partial charge is 0.194 e. The fourth-order valence-electron chi connectivity index (χ4n) is 3.61. The van der Waals surface area contributed by atoms with Gasteiger partial charge in [-0.2, -0.15) is 0 Å². The van der Waals surface area contributed by atoms with Crippen molar-refractivity contribution in [1.82, 2.24) is 4.90 Å². The normalized spacial score (nSPS) is 18.1. The maximum atomic E-state index is 12.8. The summed E-state index contributed by atoms with van der Waals surface area (Å²) in [7, 11) is 2.17. The second-order valence-corrected chi connectivity index (χ2v) is 6.20. The highest BCUT2D eigenvalue weighted by Gasteiger charge is 2.28. The molecule has 0 N–H and O–H groups in total. The summed E-state index contributed by atoms with van der Waals surface area (Å²) in [6, 6.07) is 16.1. The summed E-state index contributed by atoms with van der Waals surface area (Å²) in [5, 5.41) is 0. The topological polar surface area (TPSA) is 20.3 Å². The van der Waals surface area contributed by atoms with Crippen LogP contribution in [0.2, 0.25) is 0 Å². The van der Waals surface area contributed by atoms with E-state index >= 15 is 0 Å². The zero-order chi connectivity index (χ0) is 15.1. The van der Waals surface area contributed by atoms with Crippen molar-refractivity contribution in [2.75, 3.05) is 20.1 Å². The number of nitrogens with zero attached hydrogens (tertiary/aromatic N) is 1. The Bertz CT molecular complexity index is 726. The number of carbonyl (C=O) groups is 1. The average molecular weight is 289 g/mol. The predicted molar refractivity (Wildman–Crippen MR) is 89.1 cm³/mol. The minimum absolute atomic E-state index is 0.156. The molecule has 1 saturated heterocycles. The van der Waals surface area contributed by atoms with Crippen LogP contribution in [0, 0.1) is 0 Å². The number of piperidine rings is 1. The molecule has 2 heteroatoms. The van der Waals surface area contributed by atoms with E-state index in [0.29, 0.717) is 0 Å². The Morgan fingerprint density at radius 3 is 1.73 bits per heavy atom. The largest absolute Gasteiger partial charge is 0.306 e. The molecule has 0 radical (unpaired) electrons. The minimum Gasteiger partial charge on any atom is -0.306 e. The van der Waals surface area contributed by atoms with Gasteiger partial charge in [0.25, 0.3) is 0 Å². The lowest BCUT2D eigenvalue weighted by molar-refractivity contribution is 0.103. The maximum Gasteiger partial charge on any atom is 0.194 e. The fourth-order valence-corrected chi connectivity index (χ4v) is 3.61. The summed E-state index contributed by atoms with van der Waals surface area (Å²) >= 11 is 0. The Hall–Kier alpha value is -2.19. The Balaban J connectivity index is 1.97. The molecule has 0 spiro atoms. The predicted octanol–water partition coefficient (Wildman–Crippen LogP) is 3.76. The van der Waals surface area contributed by atoms with E-state index in [2.05, 4.69) is 24.1 Å². The molecule has 0 unspecified atom stereocenters. The first-order chi connectivity index (χ1) is 10.8. The first-order valence-electron chi connectivity index (χ1n) is 7.90. The van der Waals surface area contributed by atoms with Gasteiger partial charge < -0.3 is 4.90 Å². The lowest BCUT2D eigenvalue weighted by atomic mass is 9.78. The van der Waals surface area contributed by atoms with Crippen LogP contribution in [0.3, 0.4) is 0 Å². The monoisotopic (exact) mass is 289 g/mol. The molecule has 2 nitrogen and oxygen atoms in total. The van der Waals surface area contributed by atoms with Gasteiger partial charge in [0.1, 0.15) is 0 Å². The van der Waals surface area contributed by atoms with Gasteiger partial charge in [0.05, 0.1) is 0 Å². The highest BCUT2D eigenvalue weighted by atomic mass is 16.1. The van der Waals surface area contributed by atoms with E-state index in [9.17, 15) is 4.79 Å². The summed E-state index contributed by atoms with van der Waals surface area (Å²) < 4.78 is 0. The zero-order valence-corrected chi connectivity index (χ0v) is 12.8. The Morgan fingerprint density at radius 1 is 0.773 bits per heavy atom. The average Bonchev–Trinajstić information content (AvgIpc) is 2.57. The van der Waals surface area contributed by atoms with Crippen LogP contribution >= 0.6 is 0 Å². The molecule has 1 aliphatic carbocycles. The van der Waals surface area contributed by atoms with Crippen molar-refractivity contribution in [2.45, 2.75) is 12.8 Å². The number of carbonyl (C=O) groups excluding carboxylic acids is 1. The lowest BCUT2D eigenvalue weighted by Gasteiger charge is -2.30. The molecule has 110 valence electrons. The van der Waals surface area contributed by atoms with E-state index in [4.69, 9.17) is 0 Å². The summed E-state index contributed by atoms with van der Waals surface area (Å²) in [4.78, 5) is 15.1. The Kier molecular flexibility index (Phi) is 3.20. The number of hydrogen-bond donors (Lipinski definition) is 0. The van der Waals surface area contributed by atoms with E-state index in [1.807, 2.05) is 36.4 Å². The van der Waals surface area contributed by atoms with Crippen molar-refractivity contribution >= 4 is 11.4 Å². The lowest BCUT2D eigenvalue weighted by Crippen LogP contribution is -2.27.